The summed E-state index contributed by atoms with van der Waals surface area (Å²) in [5, 5.41) is 14.3. The number of nitrogens with one attached hydrogen (secondary N) is 2. The molecule has 2 N–H and O–H groups in total. The first-order valence-electron chi connectivity index (χ1n) is 9.94. The predicted octanol–water partition coefficient (Wildman–Crippen LogP) is 4.13. The van der Waals surface area contributed by atoms with Crippen LogP contribution < -0.4 is 10.6 Å². The lowest BCUT2D eigenvalue weighted by atomic mass is 10.2. The van der Waals surface area contributed by atoms with Crippen LogP contribution in [0.3, 0.4) is 0 Å². The van der Waals surface area contributed by atoms with E-state index in [-0.39, 0.29) is 24.0 Å². The van der Waals surface area contributed by atoms with Crippen LogP contribution in [0, 0.1) is 19.7 Å². The van der Waals surface area contributed by atoms with Gasteiger partial charge in [0.2, 0.25) is 11.8 Å². The number of nitrogens with zero attached hydrogens (tertiary/aromatic N) is 3. The van der Waals surface area contributed by atoms with Gasteiger partial charge in [0.25, 0.3) is 0 Å². The maximum Gasteiger partial charge on any atom is 0.234 e. The highest BCUT2D eigenvalue weighted by Gasteiger charge is 2.17. The van der Waals surface area contributed by atoms with E-state index in [1.165, 1.54) is 23.9 Å². The fraction of sp³-hybridized carbons (Fsp3) is 0.217. The smallest absolute Gasteiger partial charge is 0.234 e. The topological polar surface area (TPSA) is 88.9 Å². The second-order valence-electron chi connectivity index (χ2n) is 7.19. The molecule has 0 atom stereocenters. The van der Waals surface area contributed by atoms with E-state index < -0.39 is 5.82 Å². The molecule has 0 saturated heterocycles. The Kier molecular flexibility index (Phi) is 7.77. The molecule has 0 unspecified atom stereocenters. The average molecular weight is 454 g/mol. The molecule has 166 valence electrons. The first-order valence-corrected chi connectivity index (χ1v) is 10.9. The summed E-state index contributed by atoms with van der Waals surface area (Å²) in [4.78, 5) is 24.8. The van der Waals surface area contributed by atoms with Crippen molar-refractivity contribution in [1.82, 2.24) is 14.8 Å². The van der Waals surface area contributed by atoms with Crippen LogP contribution >= 0.6 is 11.8 Å². The number of aromatic nitrogens is 3. The van der Waals surface area contributed by atoms with Crippen molar-refractivity contribution in [3.63, 3.8) is 0 Å². The number of benzene rings is 2. The molecule has 0 saturated carbocycles. The van der Waals surface area contributed by atoms with E-state index in [1.807, 2.05) is 31.2 Å². The fourth-order valence-corrected chi connectivity index (χ4v) is 3.75. The number of hydrogen-bond donors (Lipinski definition) is 2. The molecule has 7 nitrogen and oxygen atoms in total. The number of thioether (sulfide) groups is 1. The molecule has 1 heterocycles. The van der Waals surface area contributed by atoms with Crippen LogP contribution in [0.4, 0.5) is 15.8 Å². The molecule has 0 aliphatic rings. The van der Waals surface area contributed by atoms with Gasteiger partial charge in [-0.25, -0.2) is 4.39 Å². The van der Waals surface area contributed by atoms with Crippen LogP contribution in [-0.4, -0.2) is 32.3 Å². The van der Waals surface area contributed by atoms with E-state index in [9.17, 15) is 14.0 Å². The normalized spacial score (nSPS) is 10.6. The van der Waals surface area contributed by atoms with Crippen LogP contribution in [0.5, 0.6) is 0 Å². The summed E-state index contributed by atoms with van der Waals surface area (Å²) in [6, 6.07) is 11.7. The maximum absolute atomic E-state index is 13.4. The first-order chi connectivity index (χ1) is 15.4. The second kappa shape index (κ2) is 10.7. The third kappa shape index (κ3) is 6.27. The van der Waals surface area contributed by atoms with E-state index in [1.54, 1.807) is 23.6 Å². The van der Waals surface area contributed by atoms with Gasteiger partial charge in [0.05, 0.1) is 12.2 Å². The lowest BCUT2D eigenvalue weighted by molar-refractivity contribution is -0.116. The Balaban J connectivity index is 1.63. The largest absolute Gasteiger partial charge is 0.326 e. The van der Waals surface area contributed by atoms with Crippen LogP contribution in [0.2, 0.25) is 0 Å². The number of carbonyl (C=O) groups is 2. The molecule has 1 aromatic heterocycles. The molecule has 0 radical (unpaired) electrons. The molecule has 2 amide bonds. The fourth-order valence-electron chi connectivity index (χ4n) is 2.99. The molecule has 0 aliphatic heterocycles. The Bertz CT molecular complexity index is 1150. The van der Waals surface area contributed by atoms with Crippen molar-refractivity contribution >= 4 is 35.0 Å². The summed E-state index contributed by atoms with van der Waals surface area (Å²) in [5.74, 6) is -0.405. The van der Waals surface area contributed by atoms with Crippen LogP contribution in [-0.2, 0) is 22.6 Å². The zero-order chi connectivity index (χ0) is 23.1. The van der Waals surface area contributed by atoms with Gasteiger partial charge in [0, 0.05) is 17.9 Å². The number of hydrogen-bond acceptors (Lipinski definition) is 5. The molecule has 2 aromatic carbocycles. The van der Waals surface area contributed by atoms with Gasteiger partial charge in [-0.3, -0.25) is 9.59 Å². The lowest BCUT2D eigenvalue weighted by Crippen LogP contribution is -2.18. The number of anilines is 2. The minimum atomic E-state index is -0.419. The molecule has 3 aromatic rings. The van der Waals surface area contributed by atoms with E-state index in [0.29, 0.717) is 28.9 Å². The van der Waals surface area contributed by atoms with Crippen molar-refractivity contribution in [3.8, 4) is 0 Å². The maximum atomic E-state index is 13.4. The Morgan fingerprint density at radius 3 is 2.69 bits per heavy atom. The minimum absolute atomic E-state index is 0.0318. The third-order valence-electron chi connectivity index (χ3n) is 4.53. The van der Waals surface area contributed by atoms with Crippen LogP contribution in [0.25, 0.3) is 0 Å². The van der Waals surface area contributed by atoms with Crippen molar-refractivity contribution in [2.75, 3.05) is 16.4 Å². The minimum Gasteiger partial charge on any atom is -0.326 e. The van der Waals surface area contributed by atoms with Gasteiger partial charge in [-0.1, -0.05) is 36.0 Å². The van der Waals surface area contributed by atoms with Crippen LogP contribution in [0.1, 0.15) is 17.0 Å². The summed E-state index contributed by atoms with van der Waals surface area (Å²) in [5.41, 5.74) is 2.95. The Morgan fingerprint density at radius 2 is 1.94 bits per heavy atom. The van der Waals surface area contributed by atoms with Crippen molar-refractivity contribution in [3.05, 3.63) is 77.9 Å². The van der Waals surface area contributed by atoms with Gasteiger partial charge in [0.1, 0.15) is 11.6 Å². The quantitative estimate of drug-likeness (QED) is 0.376. The molecule has 9 heteroatoms. The van der Waals surface area contributed by atoms with Crippen molar-refractivity contribution in [1.29, 1.82) is 0 Å². The highest BCUT2D eigenvalue weighted by Crippen LogP contribution is 2.20. The first kappa shape index (κ1) is 23.2. The summed E-state index contributed by atoms with van der Waals surface area (Å²) in [6.45, 7) is 7.88. The zero-order valence-electron chi connectivity index (χ0n) is 17.9. The monoisotopic (exact) mass is 453 g/mol. The molecule has 0 bridgehead atoms. The molecule has 32 heavy (non-hydrogen) atoms. The van der Waals surface area contributed by atoms with Crippen LogP contribution in [0.15, 0.2) is 60.3 Å². The third-order valence-corrected chi connectivity index (χ3v) is 5.50. The van der Waals surface area contributed by atoms with E-state index in [0.717, 1.165) is 11.1 Å². The number of allylic oxidation sites excluding steroid dienone is 1. The highest BCUT2D eigenvalue weighted by atomic mass is 32.2. The van der Waals surface area contributed by atoms with Gasteiger partial charge in [-0.15, -0.1) is 16.8 Å². The molecule has 3 rings (SSSR count). The second-order valence-corrected chi connectivity index (χ2v) is 8.13. The van der Waals surface area contributed by atoms with Gasteiger partial charge in [0.15, 0.2) is 5.16 Å². The van der Waals surface area contributed by atoms with Crippen molar-refractivity contribution in [2.45, 2.75) is 32.0 Å². The summed E-state index contributed by atoms with van der Waals surface area (Å²) in [7, 11) is 0. The van der Waals surface area contributed by atoms with Gasteiger partial charge < -0.3 is 15.2 Å². The van der Waals surface area contributed by atoms with E-state index in [4.69, 9.17) is 0 Å². The lowest BCUT2D eigenvalue weighted by Gasteiger charge is -2.10. The standard InChI is InChI=1S/C23H24FN5O2S/c1-4-10-29-20(13-21(30)25-18-7-5-6-15(2)11-18)27-28-23(29)32-14-22(31)26-19-12-17(24)9-8-16(19)3/h4-9,11-12H,1,10,13-14H2,2-3H3,(H,25,30)(H,26,31). The summed E-state index contributed by atoms with van der Waals surface area (Å²) < 4.78 is 15.2. The molecular formula is C23H24FN5O2S. The highest BCUT2D eigenvalue weighted by molar-refractivity contribution is 7.99. The number of carbonyl (C=O) groups excluding carboxylic acids is 2. The number of aryl methyl sites for hydroxylation is 2. The van der Waals surface area contributed by atoms with Gasteiger partial charge >= 0.3 is 0 Å². The van der Waals surface area contributed by atoms with E-state index >= 15 is 0 Å². The average Bonchev–Trinajstić information content (AvgIpc) is 3.10. The zero-order valence-corrected chi connectivity index (χ0v) is 18.7. The number of halogens is 1. The molecular weight excluding hydrogens is 429 g/mol. The Hall–Kier alpha value is -3.46. The molecule has 0 aliphatic carbocycles. The van der Waals surface area contributed by atoms with Crippen molar-refractivity contribution < 1.29 is 14.0 Å². The number of amides is 2. The van der Waals surface area contributed by atoms with Gasteiger partial charge in [-0.2, -0.15) is 0 Å². The van der Waals surface area contributed by atoms with Crippen molar-refractivity contribution in [2.24, 2.45) is 0 Å². The summed E-state index contributed by atoms with van der Waals surface area (Å²) >= 11 is 1.18. The molecule has 0 fully saturated rings. The molecule has 0 spiro atoms. The Labute approximate surface area is 190 Å². The number of rotatable bonds is 9. The SMILES string of the molecule is C=CCn1c(CC(=O)Nc2cccc(C)c2)nnc1SCC(=O)Nc1cc(F)ccc1C. The predicted molar refractivity (Wildman–Crippen MR) is 124 cm³/mol. The van der Waals surface area contributed by atoms with Gasteiger partial charge in [-0.05, 0) is 49.2 Å². The Morgan fingerprint density at radius 1 is 1.12 bits per heavy atom. The summed E-state index contributed by atoms with van der Waals surface area (Å²) in [6.07, 6.45) is 1.70. The van der Waals surface area contributed by atoms with E-state index in [2.05, 4.69) is 27.4 Å².